The van der Waals surface area contributed by atoms with Crippen molar-refractivity contribution in [1.82, 2.24) is 9.80 Å². The van der Waals surface area contributed by atoms with Crippen molar-refractivity contribution in [2.75, 3.05) is 26.2 Å². The van der Waals surface area contributed by atoms with E-state index in [1.165, 1.54) is 18.2 Å². The highest BCUT2D eigenvalue weighted by atomic mass is 16.6. The number of amides is 2. The van der Waals surface area contributed by atoms with E-state index in [1.54, 1.807) is 9.80 Å². The van der Waals surface area contributed by atoms with E-state index in [-0.39, 0.29) is 28.6 Å². The first-order chi connectivity index (χ1) is 10.9. The van der Waals surface area contributed by atoms with Gasteiger partial charge in [-0.3, -0.25) is 19.7 Å². The fourth-order valence-corrected chi connectivity index (χ4v) is 2.35. The molecule has 0 N–H and O–H groups in total. The largest absolute Gasteiger partial charge is 0.339 e. The van der Waals surface area contributed by atoms with Crippen LogP contribution in [-0.4, -0.2) is 52.7 Å². The van der Waals surface area contributed by atoms with Crippen LogP contribution in [0.25, 0.3) is 0 Å². The summed E-state index contributed by atoms with van der Waals surface area (Å²) in [5, 5.41) is 11.1. The van der Waals surface area contributed by atoms with E-state index in [4.69, 9.17) is 0 Å². The van der Waals surface area contributed by atoms with Crippen LogP contribution >= 0.6 is 0 Å². The summed E-state index contributed by atoms with van der Waals surface area (Å²) in [5.74, 6) is -0.625. The Hall–Kier alpha value is -2.44. The molecule has 1 aromatic carbocycles. The van der Waals surface area contributed by atoms with Crippen molar-refractivity contribution in [2.45, 2.75) is 27.7 Å². The Kier molecular flexibility index (Phi) is 6.68. The van der Waals surface area contributed by atoms with Gasteiger partial charge in [-0.2, -0.15) is 0 Å². The van der Waals surface area contributed by atoms with Crippen LogP contribution in [0.5, 0.6) is 0 Å². The number of hydrogen-bond acceptors (Lipinski definition) is 4. The van der Waals surface area contributed by atoms with Crippen molar-refractivity contribution in [2.24, 2.45) is 0 Å². The fourth-order valence-electron chi connectivity index (χ4n) is 2.35. The molecule has 0 spiro atoms. The van der Waals surface area contributed by atoms with Crippen LogP contribution in [0.3, 0.4) is 0 Å². The summed E-state index contributed by atoms with van der Waals surface area (Å²) in [6.07, 6.45) is 0. The number of hydrogen-bond donors (Lipinski definition) is 0. The molecule has 23 heavy (non-hydrogen) atoms. The lowest BCUT2D eigenvalue weighted by atomic mass is 10.1. The summed E-state index contributed by atoms with van der Waals surface area (Å²) in [6, 6.07) is 3.88. The van der Waals surface area contributed by atoms with Crippen molar-refractivity contribution in [3.63, 3.8) is 0 Å². The fraction of sp³-hybridized carbons (Fsp3) is 0.500. The Bertz CT molecular complexity index is 551. The first-order valence-corrected chi connectivity index (χ1v) is 7.77. The number of carbonyl (C=O) groups excluding carboxylic acids is 2. The molecule has 7 nitrogen and oxygen atoms in total. The SMILES string of the molecule is CCN(CC)C(=O)c1cc(C(=O)N(CC)CC)cc([N+](=O)[O-])c1. The number of nitro groups is 1. The second-order valence-electron chi connectivity index (χ2n) is 4.98. The standard InChI is InChI=1S/C16H23N3O4/c1-5-17(6-2)15(20)12-9-13(11-14(10-12)19(22)23)16(21)18(7-3)8-4/h9-11H,5-8H2,1-4H3. The van der Waals surface area contributed by atoms with Crippen LogP contribution in [0.4, 0.5) is 5.69 Å². The van der Waals surface area contributed by atoms with Gasteiger partial charge in [0, 0.05) is 49.4 Å². The minimum Gasteiger partial charge on any atom is -0.339 e. The zero-order chi connectivity index (χ0) is 17.6. The third kappa shape index (κ3) is 4.28. The molecule has 7 heteroatoms. The quantitative estimate of drug-likeness (QED) is 0.570. The molecule has 0 saturated carbocycles. The molecule has 0 aliphatic rings. The maximum atomic E-state index is 12.4. The van der Waals surface area contributed by atoms with Crippen LogP contribution in [0.1, 0.15) is 48.4 Å². The lowest BCUT2D eigenvalue weighted by Gasteiger charge is -2.21. The van der Waals surface area contributed by atoms with Gasteiger partial charge in [-0.05, 0) is 33.8 Å². The van der Waals surface area contributed by atoms with E-state index in [0.717, 1.165) is 0 Å². The third-order valence-corrected chi connectivity index (χ3v) is 3.72. The van der Waals surface area contributed by atoms with Crippen molar-refractivity contribution in [3.05, 3.63) is 39.4 Å². The molecule has 0 aliphatic carbocycles. The molecule has 1 rings (SSSR count). The van der Waals surface area contributed by atoms with Crippen molar-refractivity contribution in [3.8, 4) is 0 Å². The van der Waals surface area contributed by atoms with Crippen LogP contribution in [0.2, 0.25) is 0 Å². The normalized spacial score (nSPS) is 10.3. The highest BCUT2D eigenvalue weighted by Gasteiger charge is 2.22. The lowest BCUT2D eigenvalue weighted by molar-refractivity contribution is -0.384. The molecule has 0 aliphatic heterocycles. The Morgan fingerprint density at radius 1 is 0.870 bits per heavy atom. The van der Waals surface area contributed by atoms with Gasteiger partial charge in [-0.15, -0.1) is 0 Å². The molecule has 0 aromatic heterocycles. The first kappa shape index (κ1) is 18.6. The number of benzene rings is 1. The van der Waals surface area contributed by atoms with Gasteiger partial charge in [-0.25, -0.2) is 0 Å². The Morgan fingerprint density at radius 3 is 1.48 bits per heavy atom. The maximum Gasteiger partial charge on any atom is 0.271 e. The Balaban J connectivity index is 3.36. The van der Waals surface area contributed by atoms with Crippen molar-refractivity contribution < 1.29 is 14.5 Å². The zero-order valence-electron chi connectivity index (χ0n) is 14.0. The molecular weight excluding hydrogens is 298 g/mol. The van der Waals surface area contributed by atoms with Crippen LogP contribution in [-0.2, 0) is 0 Å². The van der Waals surface area contributed by atoms with Crippen LogP contribution in [0, 0.1) is 10.1 Å². The number of nitro benzene ring substituents is 1. The maximum absolute atomic E-state index is 12.4. The smallest absolute Gasteiger partial charge is 0.271 e. The average Bonchev–Trinajstić information content (AvgIpc) is 2.56. The van der Waals surface area contributed by atoms with E-state index in [2.05, 4.69) is 0 Å². The average molecular weight is 321 g/mol. The van der Waals surface area contributed by atoms with Gasteiger partial charge in [0.05, 0.1) is 4.92 Å². The second kappa shape index (κ2) is 8.26. The summed E-state index contributed by atoms with van der Waals surface area (Å²) < 4.78 is 0. The van der Waals surface area contributed by atoms with Gasteiger partial charge >= 0.3 is 0 Å². The minimum absolute atomic E-state index is 0.165. The predicted molar refractivity (Wildman–Crippen MR) is 87.6 cm³/mol. The monoisotopic (exact) mass is 321 g/mol. The summed E-state index contributed by atoms with van der Waals surface area (Å²) in [5.41, 5.74) is 0.0790. The highest BCUT2D eigenvalue weighted by Crippen LogP contribution is 2.20. The number of nitrogens with zero attached hydrogens (tertiary/aromatic N) is 3. The molecule has 2 amide bonds. The van der Waals surface area contributed by atoms with E-state index >= 15 is 0 Å². The summed E-state index contributed by atoms with van der Waals surface area (Å²) in [6.45, 7) is 9.33. The van der Waals surface area contributed by atoms with E-state index in [9.17, 15) is 19.7 Å². The van der Waals surface area contributed by atoms with Gasteiger partial charge in [0.2, 0.25) is 0 Å². The number of carbonyl (C=O) groups is 2. The predicted octanol–water partition coefficient (Wildman–Crippen LogP) is 2.56. The summed E-state index contributed by atoms with van der Waals surface area (Å²) in [4.78, 5) is 38.5. The molecule has 126 valence electrons. The molecule has 0 saturated heterocycles. The molecule has 0 bridgehead atoms. The molecular formula is C16H23N3O4. The van der Waals surface area contributed by atoms with Crippen LogP contribution < -0.4 is 0 Å². The van der Waals surface area contributed by atoms with Crippen LogP contribution in [0.15, 0.2) is 18.2 Å². The lowest BCUT2D eigenvalue weighted by Crippen LogP contribution is -2.32. The van der Waals surface area contributed by atoms with Crippen molar-refractivity contribution in [1.29, 1.82) is 0 Å². The van der Waals surface area contributed by atoms with E-state index in [0.29, 0.717) is 26.2 Å². The molecule has 0 unspecified atom stereocenters. The van der Waals surface area contributed by atoms with Gasteiger partial charge in [0.25, 0.3) is 17.5 Å². The Labute approximate surface area is 136 Å². The molecule has 0 heterocycles. The molecule has 1 aromatic rings. The summed E-state index contributed by atoms with van der Waals surface area (Å²) >= 11 is 0. The van der Waals surface area contributed by atoms with Gasteiger partial charge in [0.1, 0.15) is 0 Å². The molecule has 0 radical (unpaired) electrons. The number of non-ortho nitro benzene ring substituents is 1. The first-order valence-electron chi connectivity index (χ1n) is 7.77. The van der Waals surface area contributed by atoms with Gasteiger partial charge < -0.3 is 9.80 Å². The number of rotatable bonds is 7. The third-order valence-electron chi connectivity index (χ3n) is 3.72. The van der Waals surface area contributed by atoms with Crippen molar-refractivity contribution >= 4 is 17.5 Å². The minimum atomic E-state index is -0.585. The van der Waals surface area contributed by atoms with Gasteiger partial charge in [-0.1, -0.05) is 0 Å². The van der Waals surface area contributed by atoms with Gasteiger partial charge in [0.15, 0.2) is 0 Å². The molecule has 0 fully saturated rings. The molecule has 0 atom stereocenters. The highest BCUT2D eigenvalue weighted by molar-refractivity contribution is 6.00. The topological polar surface area (TPSA) is 83.8 Å². The summed E-state index contributed by atoms with van der Waals surface area (Å²) in [7, 11) is 0. The Morgan fingerprint density at radius 2 is 1.22 bits per heavy atom. The van der Waals surface area contributed by atoms with E-state index in [1.807, 2.05) is 27.7 Å². The second-order valence-corrected chi connectivity index (χ2v) is 4.98. The zero-order valence-corrected chi connectivity index (χ0v) is 14.0. The van der Waals surface area contributed by atoms with E-state index < -0.39 is 4.92 Å².